The van der Waals surface area contributed by atoms with Gasteiger partial charge in [-0.25, -0.2) is 4.98 Å². The van der Waals surface area contributed by atoms with Crippen molar-refractivity contribution in [3.05, 3.63) is 65.9 Å². The number of amides is 1. The van der Waals surface area contributed by atoms with Crippen LogP contribution in [0.15, 0.2) is 54.7 Å². The molecule has 2 aromatic rings. The Morgan fingerprint density at radius 2 is 1.84 bits per heavy atom. The van der Waals surface area contributed by atoms with Gasteiger partial charge in [-0.05, 0) is 49.4 Å². The minimum absolute atomic E-state index is 0.0476. The minimum Gasteiger partial charge on any atom is -0.388 e. The first-order valence-electron chi connectivity index (χ1n) is 10.6. The summed E-state index contributed by atoms with van der Waals surface area (Å²) in [7, 11) is 7.34. The van der Waals surface area contributed by atoms with Crippen molar-refractivity contribution in [3.63, 3.8) is 0 Å². The molecule has 1 heterocycles. The van der Waals surface area contributed by atoms with E-state index in [2.05, 4.69) is 40.0 Å². The van der Waals surface area contributed by atoms with Crippen LogP contribution in [0.5, 0.6) is 0 Å². The molecule has 0 spiro atoms. The molecule has 1 amide bonds. The summed E-state index contributed by atoms with van der Waals surface area (Å²) in [6.07, 6.45) is 8.66. The van der Waals surface area contributed by atoms with Gasteiger partial charge in [-0.15, -0.1) is 0 Å². The van der Waals surface area contributed by atoms with E-state index in [0.29, 0.717) is 13.0 Å². The summed E-state index contributed by atoms with van der Waals surface area (Å²) >= 11 is 0. The van der Waals surface area contributed by atoms with Crippen LogP contribution in [0.4, 0.5) is 11.5 Å². The second kappa shape index (κ2) is 15.4. The fourth-order valence-corrected chi connectivity index (χ4v) is 2.67. The third-order valence-electron chi connectivity index (χ3n) is 4.64. The van der Waals surface area contributed by atoms with Crippen molar-refractivity contribution in [3.8, 4) is 0 Å². The molecule has 0 saturated carbocycles. The van der Waals surface area contributed by atoms with E-state index < -0.39 is 0 Å². The Balaban J connectivity index is 0.000000751. The number of carbonyl (C=O) groups is 2. The zero-order valence-corrected chi connectivity index (χ0v) is 19.7. The predicted octanol–water partition coefficient (Wildman–Crippen LogP) is 3.53. The first-order valence-corrected chi connectivity index (χ1v) is 10.6. The maximum absolute atomic E-state index is 12.3. The topological polar surface area (TPSA) is 86.4 Å². The van der Waals surface area contributed by atoms with E-state index in [4.69, 9.17) is 0 Å². The molecule has 2 rings (SSSR count). The van der Waals surface area contributed by atoms with E-state index in [1.165, 1.54) is 0 Å². The molecule has 0 aliphatic carbocycles. The van der Waals surface area contributed by atoms with Crippen molar-refractivity contribution in [2.45, 2.75) is 13.3 Å². The van der Waals surface area contributed by atoms with Gasteiger partial charge in [-0.1, -0.05) is 24.3 Å². The zero-order chi connectivity index (χ0) is 23.8. The molecule has 0 bridgehead atoms. The molecule has 3 N–H and O–H groups in total. The Labute approximate surface area is 191 Å². The van der Waals surface area contributed by atoms with Crippen LogP contribution in [0.2, 0.25) is 0 Å². The molecule has 0 radical (unpaired) electrons. The van der Waals surface area contributed by atoms with E-state index in [1.807, 2.05) is 51.5 Å². The van der Waals surface area contributed by atoms with Gasteiger partial charge in [0.25, 0.3) is 0 Å². The number of anilines is 2. The standard InChI is InChI=1S/C21H26N4O.C4H9NO/c1-16(18-7-5-6-8-19(18)22-2)13-14-25(4)21(26)12-10-17-9-11-20(23-3)24-15-17;1-5-3-2-4-6/h5-13,15,22H,14H2,1-4H3,(H,23,24);4-5H,2-3H2,1H3/b12-10+,16-13+;. The van der Waals surface area contributed by atoms with Crippen molar-refractivity contribution in [2.75, 3.05) is 51.9 Å². The van der Waals surface area contributed by atoms with Crippen LogP contribution in [0.1, 0.15) is 24.5 Å². The van der Waals surface area contributed by atoms with Gasteiger partial charge >= 0.3 is 0 Å². The molecule has 0 aliphatic rings. The van der Waals surface area contributed by atoms with E-state index in [9.17, 15) is 9.59 Å². The van der Waals surface area contributed by atoms with Gasteiger partial charge in [-0.3, -0.25) is 4.79 Å². The molecular formula is C25H35N5O2. The first kappa shape index (κ1) is 26.6. The van der Waals surface area contributed by atoms with Crippen molar-refractivity contribution >= 4 is 35.3 Å². The monoisotopic (exact) mass is 437 g/mol. The quantitative estimate of drug-likeness (QED) is 0.299. The second-order valence-electron chi connectivity index (χ2n) is 7.02. The van der Waals surface area contributed by atoms with Crippen LogP contribution < -0.4 is 16.0 Å². The van der Waals surface area contributed by atoms with Crippen LogP contribution >= 0.6 is 0 Å². The number of hydrogen-bond donors (Lipinski definition) is 3. The van der Waals surface area contributed by atoms with E-state index in [0.717, 1.165) is 41.0 Å². The number of pyridine rings is 1. The van der Waals surface area contributed by atoms with Crippen LogP contribution in [0, 0.1) is 0 Å². The maximum Gasteiger partial charge on any atom is 0.246 e. The summed E-state index contributed by atoms with van der Waals surface area (Å²) in [5.74, 6) is 0.752. The van der Waals surface area contributed by atoms with Crippen LogP contribution in [0.3, 0.4) is 0 Å². The Hall–Kier alpha value is -3.45. The highest BCUT2D eigenvalue weighted by atomic mass is 16.2. The molecule has 32 heavy (non-hydrogen) atoms. The van der Waals surface area contributed by atoms with Gasteiger partial charge in [-0.2, -0.15) is 0 Å². The van der Waals surface area contributed by atoms with E-state index in [1.54, 1.807) is 30.3 Å². The number of hydrogen-bond acceptors (Lipinski definition) is 6. The molecule has 0 aliphatic heterocycles. The molecule has 1 aromatic carbocycles. The number of nitrogens with zero attached hydrogens (tertiary/aromatic N) is 2. The highest BCUT2D eigenvalue weighted by molar-refractivity contribution is 5.91. The lowest BCUT2D eigenvalue weighted by Gasteiger charge is -2.14. The predicted molar refractivity (Wildman–Crippen MR) is 135 cm³/mol. The van der Waals surface area contributed by atoms with Gasteiger partial charge in [0.2, 0.25) is 5.91 Å². The summed E-state index contributed by atoms with van der Waals surface area (Å²) in [6, 6.07) is 11.9. The van der Waals surface area contributed by atoms with Crippen molar-refractivity contribution in [1.82, 2.24) is 15.2 Å². The molecule has 172 valence electrons. The Kier molecular flexibility index (Phi) is 12.8. The summed E-state index contributed by atoms with van der Waals surface area (Å²) in [5, 5.41) is 8.99. The summed E-state index contributed by atoms with van der Waals surface area (Å²) in [4.78, 5) is 27.7. The molecule has 0 saturated heterocycles. The maximum atomic E-state index is 12.3. The molecule has 0 atom stereocenters. The third-order valence-corrected chi connectivity index (χ3v) is 4.64. The number of para-hydroxylation sites is 1. The lowest BCUT2D eigenvalue weighted by atomic mass is 10.0. The average Bonchev–Trinajstić information content (AvgIpc) is 2.84. The molecule has 7 nitrogen and oxygen atoms in total. The number of carbonyl (C=O) groups excluding carboxylic acids is 2. The summed E-state index contributed by atoms with van der Waals surface area (Å²) in [6.45, 7) is 3.40. The first-order chi connectivity index (χ1) is 15.5. The van der Waals surface area contributed by atoms with E-state index >= 15 is 0 Å². The lowest BCUT2D eigenvalue weighted by molar-refractivity contribution is -0.124. The van der Waals surface area contributed by atoms with Gasteiger partial charge in [0.15, 0.2) is 0 Å². The summed E-state index contributed by atoms with van der Waals surface area (Å²) < 4.78 is 0. The second-order valence-corrected chi connectivity index (χ2v) is 7.02. The van der Waals surface area contributed by atoms with Crippen LogP contribution in [-0.2, 0) is 9.59 Å². The Morgan fingerprint density at radius 1 is 1.09 bits per heavy atom. The number of nitrogens with one attached hydrogen (secondary N) is 3. The average molecular weight is 438 g/mol. The molecular weight excluding hydrogens is 402 g/mol. The highest BCUT2D eigenvalue weighted by Gasteiger charge is 2.05. The van der Waals surface area contributed by atoms with Gasteiger partial charge in [0, 0.05) is 64.2 Å². The van der Waals surface area contributed by atoms with Crippen molar-refractivity contribution < 1.29 is 9.59 Å². The fraction of sp³-hybridized carbons (Fsp3) is 0.320. The number of aromatic nitrogens is 1. The van der Waals surface area contributed by atoms with Crippen LogP contribution in [0.25, 0.3) is 11.6 Å². The SMILES string of the molecule is CNCCC=O.CNc1ccc(/C=C/C(=O)N(C)C/C=C(\C)c2ccccc2NC)cn1. The number of allylic oxidation sites excluding steroid dienone is 1. The smallest absolute Gasteiger partial charge is 0.246 e. The van der Waals surface area contributed by atoms with Crippen molar-refractivity contribution in [2.24, 2.45) is 0 Å². The largest absolute Gasteiger partial charge is 0.388 e. The van der Waals surface area contributed by atoms with Gasteiger partial charge in [0.1, 0.15) is 12.1 Å². The van der Waals surface area contributed by atoms with Gasteiger partial charge < -0.3 is 25.6 Å². The minimum atomic E-state index is -0.0476. The van der Waals surface area contributed by atoms with E-state index in [-0.39, 0.29) is 5.91 Å². The number of aldehydes is 1. The lowest BCUT2D eigenvalue weighted by Crippen LogP contribution is -2.24. The number of rotatable bonds is 10. The van der Waals surface area contributed by atoms with Gasteiger partial charge in [0.05, 0.1) is 0 Å². The Morgan fingerprint density at radius 3 is 2.41 bits per heavy atom. The molecule has 0 fully saturated rings. The van der Waals surface area contributed by atoms with Crippen LogP contribution in [-0.4, -0.2) is 63.4 Å². The third kappa shape index (κ3) is 9.57. The summed E-state index contributed by atoms with van der Waals surface area (Å²) in [5.41, 5.74) is 4.24. The zero-order valence-electron chi connectivity index (χ0n) is 19.7. The Bertz CT molecular complexity index is 891. The molecule has 0 unspecified atom stereocenters. The fourth-order valence-electron chi connectivity index (χ4n) is 2.67. The normalized spacial score (nSPS) is 10.8. The number of likely N-dealkylation sites (N-methyl/N-ethyl adjacent to an activating group) is 1. The highest BCUT2D eigenvalue weighted by Crippen LogP contribution is 2.22. The van der Waals surface area contributed by atoms with Crippen molar-refractivity contribution in [1.29, 1.82) is 0 Å². The molecule has 7 heteroatoms. The molecule has 1 aromatic heterocycles. The number of benzene rings is 1.